The molecule has 20 heavy (non-hydrogen) atoms. The van der Waals surface area contributed by atoms with Crippen LogP contribution in [0.1, 0.15) is 51.9 Å². The Morgan fingerprint density at radius 2 is 1.95 bits per heavy atom. The second kappa shape index (κ2) is 6.44. The summed E-state index contributed by atoms with van der Waals surface area (Å²) in [5.41, 5.74) is -0.596. The highest BCUT2D eigenvalue weighted by Crippen LogP contribution is 2.32. The van der Waals surface area contributed by atoms with E-state index in [0.717, 1.165) is 18.9 Å². The minimum Gasteiger partial charge on any atom is -0.296 e. The van der Waals surface area contributed by atoms with Gasteiger partial charge in [0.1, 0.15) is 0 Å². The van der Waals surface area contributed by atoms with Gasteiger partial charge in [-0.15, -0.1) is 0 Å². The Labute approximate surface area is 120 Å². The van der Waals surface area contributed by atoms with Gasteiger partial charge in [-0.25, -0.2) is 0 Å². The van der Waals surface area contributed by atoms with E-state index in [1.165, 1.54) is 4.68 Å². The molecule has 116 valence electrons. The van der Waals surface area contributed by atoms with Crippen LogP contribution < -0.4 is 5.09 Å². The van der Waals surface area contributed by atoms with Crippen molar-refractivity contribution in [3.63, 3.8) is 0 Å². The molecule has 1 rings (SSSR count). The Morgan fingerprint density at radius 3 is 2.35 bits per heavy atom. The van der Waals surface area contributed by atoms with Crippen molar-refractivity contribution in [2.45, 2.75) is 64.7 Å². The van der Waals surface area contributed by atoms with Crippen LogP contribution in [-0.2, 0) is 18.1 Å². The Bertz CT molecular complexity index is 435. The minimum atomic E-state index is -4.40. The van der Waals surface area contributed by atoms with Gasteiger partial charge >= 0.3 is 6.18 Å². The number of nitrogens with zero attached hydrogens (tertiary/aromatic N) is 2. The fourth-order valence-corrected chi connectivity index (χ4v) is 2.35. The summed E-state index contributed by atoms with van der Waals surface area (Å²) in [5, 5.41) is 6.81. The van der Waals surface area contributed by atoms with Crippen molar-refractivity contribution < 1.29 is 13.2 Å². The highest BCUT2D eigenvalue weighted by Gasteiger charge is 2.36. The van der Waals surface area contributed by atoms with Crippen LogP contribution in [0.2, 0.25) is 0 Å². The fourth-order valence-electron chi connectivity index (χ4n) is 2.08. The van der Waals surface area contributed by atoms with Crippen molar-refractivity contribution in [1.82, 2.24) is 14.9 Å². The van der Waals surface area contributed by atoms with Gasteiger partial charge in [-0.05, 0) is 12.5 Å². The zero-order valence-electron chi connectivity index (χ0n) is 12.4. The molecule has 0 saturated heterocycles. The molecule has 7 heteroatoms. The summed E-state index contributed by atoms with van der Waals surface area (Å²) in [6.45, 7) is 8.15. The monoisotopic (exact) mass is 309 g/mol. The van der Waals surface area contributed by atoms with E-state index in [2.05, 4.69) is 19.6 Å². The highest BCUT2D eigenvalue weighted by atomic mass is 31.0. The number of hydrogen-bond donors (Lipinski definition) is 1. The molecule has 0 saturated carbocycles. The molecular formula is C13H23F3N3P. The Morgan fingerprint density at radius 1 is 1.35 bits per heavy atom. The molecule has 1 aromatic rings. The first kappa shape index (κ1) is 17.4. The third kappa shape index (κ3) is 4.45. The molecule has 0 aliphatic heterocycles. The molecule has 1 aromatic heterocycles. The molecule has 1 heterocycles. The van der Waals surface area contributed by atoms with Crippen LogP contribution in [0.3, 0.4) is 0 Å². The average molecular weight is 309 g/mol. The summed E-state index contributed by atoms with van der Waals surface area (Å²) in [6, 6.07) is 1.25. The quantitative estimate of drug-likeness (QED) is 0.840. The van der Waals surface area contributed by atoms with Gasteiger partial charge < -0.3 is 0 Å². The Kier molecular flexibility index (Phi) is 5.61. The lowest BCUT2D eigenvalue weighted by molar-refractivity contribution is -0.141. The molecule has 0 aliphatic rings. The molecule has 2 atom stereocenters. The summed E-state index contributed by atoms with van der Waals surface area (Å²) in [5.74, 6) is 0. The summed E-state index contributed by atoms with van der Waals surface area (Å²) in [6.07, 6.45) is -2.56. The lowest BCUT2D eigenvalue weighted by atomic mass is 9.91. The second-order valence-corrected chi connectivity index (χ2v) is 6.33. The van der Waals surface area contributed by atoms with Crippen molar-refractivity contribution in [1.29, 1.82) is 0 Å². The van der Waals surface area contributed by atoms with Crippen LogP contribution in [0, 0.1) is 0 Å². The van der Waals surface area contributed by atoms with E-state index in [4.69, 9.17) is 0 Å². The third-order valence-electron chi connectivity index (χ3n) is 3.10. The molecule has 0 fully saturated rings. The summed E-state index contributed by atoms with van der Waals surface area (Å²) in [7, 11) is 2.43. The molecule has 3 nitrogen and oxygen atoms in total. The third-order valence-corrected chi connectivity index (χ3v) is 3.58. The second-order valence-electron chi connectivity index (χ2n) is 6.00. The lowest BCUT2D eigenvalue weighted by Crippen LogP contribution is -2.30. The van der Waals surface area contributed by atoms with E-state index in [0.29, 0.717) is 12.2 Å². The van der Waals surface area contributed by atoms with Crippen molar-refractivity contribution >= 4 is 9.39 Å². The molecule has 0 aromatic carbocycles. The molecule has 0 aliphatic carbocycles. The zero-order chi connectivity index (χ0) is 15.6. The van der Waals surface area contributed by atoms with Crippen LogP contribution in [0.15, 0.2) is 6.07 Å². The normalized spacial score (nSPS) is 14.6. The van der Waals surface area contributed by atoms with Gasteiger partial charge in [0.25, 0.3) is 0 Å². The maximum atomic E-state index is 12.8. The first-order chi connectivity index (χ1) is 9.09. The Balaban J connectivity index is 3.13. The van der Waals surface area contributed by atoms with Crippen molar-refractivity contribution in [2.24, 2.45) is 0 Å². The molecule has 0 bridgehead atoms. The van der Waals surface area contributed by atoms with Gasteiger partial charge in [0, 0.05) is 17.2 Å². The SMILES string of the molecule is CCCC(Cn1nc(C(F)(F)F)cc1C(C)(C)C)NP. The average Bonchev–Trinajstić information content (AvgIpc) is 2.71. The van der Waals surface area contributed by atoms with Crippen LogP contribution in [0.5, 0.6) is 0 Å². The van der Waals surface area contributed by atoms with Gasteiger partial charge in [-0.2, -0.15) is 18.3 Å². The highest BCUT2D eigenvalue weighted by molar-refractivity contribution is 7.13. The van der Waals surface area contributed by atoms with E-state index in [9.17, 15) is 13.2 Å². The van der Waals surface area contributed by atoms with Crippen LogP contribution in [-0.4, -0.2) is 15.8 Å². The molecule has 0 spiro atoms. The Hall–Kier alpha value is -0.610. The first-order valence-corrected chi connectivity index (χ1v) is 7.29. The number of halogens is 3. The number of rotatable bonds is 5. The van der Waals surface area contributed by atoms with Crippen LogP contribution in [0.25, 0.3) is 0 Å². The van der Waals surface area contributed by atoms with Gasteiger partial charge in [-0.1, -0.05) is 43.5 Å². The number of nitrogens with one attached hydrogen (secondary N) is 1. The van der Waals surface area contributed by atoms with Gasteiger partial charge in [0.2, 0.25) is 0 Å². The van der Waals surface area contributed by atoms with Crippen molar-refractivity contribution in [3.8, 4) is 0 Å². The van der Waals surface area contributed by atoms with E-state index in [1.807, 2.05) is 27.7 Å². The van der Waals surface area contributed by atoms with Crippen molar-refractivity contribution in [3.05, 3.63) is 17.5 Å². The maximum absolute atomic E-state index is 12.8. The van der Waals surface area contributed by atoms with E-state index >= 15 is 0 Å². The predicted molar refractivity (Wildman–Crippen MR) is 77.5 cm³/mol. The first-order valence-electron chi connectivity index (χ1n) is 6.71. The van der Waals surface area contributed by atoms with Gasteiger partial charge in [0.05, 0.1) is 6.54 Å². The smallest absolute Gasteiger partial charge is 0.296 e. The standard InChI is InChI=1S/C13H23F3N3P/c1-5-6-9(18-20)8-19-11(12(2,3)4)7-10(17-19)13(14,15)16/h7,9,18H,5-6,8,20H2,1-4H3. The topological polar surface area (TPSA) is 29.9 Å². The predicted octanol–water partition coefficient (Wildman–Crippen LogP) is 3.75. The van der Waals surface area contributed by atoms with E-state index < -0.39 is 11.9 Å². The fraction of sp³-hybridized carbons (Fsp3) is 0.769. The summed E-state index contributed by atoms with van der Waals surface area (Å²) in [4.78, 5) is 0. The van der Waals surface area contributed by atoms with E-state index in [-0.39, 0.29) is 11.5 Å². The van der Waals surface area contributed by atoms with E-state index in [1.54, 1.807) is 0 Å². The molecule has 1 N–H and O–H groups in total. The largest absolute Gasteiger partial charge is 0.435 e. The van der Waals surface area contributed by atoms with Crippen molar-refractivity contribution in [2.75, 3.05) is 0 Å². The zero-order valence-corrected chi connectivity index (χ0v) is 13.5. The summed E-state index contributed by atoms with van der Waals surface area (Å²) >= 11 is 0. The number of aromatic nitrogens is 2. The van der Waals surface area contributed by atoms with Gasteiger partial charge in [0.15, 0.2) is 5.69 Å². The maximum Gasteiger partial charge on any atom is 0.435 e. The van der Waals surface area contributed by atoms with Crippen LogP contribution >= 0.6 is 9.39 Å². The number of hydrogen-bond acceptors (Lipinski definition) is 2. The van der Waals surface area contributed by atoms with Gasteiger partial charge in [-0.3, -0.25) is 9.77 Å². The van der Waals surface area contributed by atoms with Crippen LogP contribution in [0.4, 0.5) is 13.2 Å². The molecular weight excluding hydrogens is 286 g/mol. The summed E-state index contributed by atoms with van der Waals surface area (Å²) < 4.78 is 40.0. The minimum absolute atomic E-state index is 0.0899. The molecule has 0 radical (unpaired) electrons. The molecule has 0 amide bonds. The number of alkyl halides is 3. The lowest BCUT2D eigenvalue weighted by Gasteiger charge is -2.23. The molecule has 2 unspecified atom stereocenters.